The third kappa shape index (κ3) is 7.37. The highest BCUT2D eigenvalue weighted by Gasteiger charge is 2.77. The monoisotopic (exact) mass is 715 g/mol. The van der Waals surface area contributed by atoms with Gasteiger partial charge in [0.25, 0.3) is 0 Å². The molecule has 3 aliphatic rings. The van der Waals surface area contributed by atoms with Crippen molar-refractivity contribution < 1.29 is 33.8 Å². The minimum atomic E-state index is -1.28. The first-order valence-electron chi connectivity index (χ1n) is 16.9. The summed E-state index contributed by atoms with van der Waals surface area (Å²) >= 11 is 3.72. The molecule has 0 aromatic heterocycles. The molecule has 2 N–H and O–H groups in total. The standard InChI is InChI=1S/C36H50BrN3O7/c1-6-10-15-20-39(19-8-3)34(44)32-36-21-26(37)31(47-36)28(29(36)33(43)40(32)25(9-4)22-41)35(45)46-30(24-16-13-12-14-17-24)23(5)38-27(42)18-11-7-2/h7-8,12-14,16-17,23,25-26,28-32,41H,2-3,6,9-11,15,18-22H2,1,4-5H3,(H,38,42)/t23-,25-,26?,28-,29+,30-,31-,32-,36+/m0/s1. The van der Waals surface area contributed by atoms with E-state index < -0.39 is 53.7 Å². The van der Waals surface area contributed by atoms with Gasteiger partial charge in [-0.1, -0.05) is 85.1 Å². The molecule has 1 spiro atoms. The van der Waals surface area contributed by atoms with Gasteiger partial charge in [-0.05, 0) is 38.2 Å². The van der Waals surface area contributed by atoms with Gasteiger partial charge in [-0.25, -0.2) is 0 Å². The number of fused-ring (bicyclic) bond motifs is 1. The fourth-order valence-electron chi connectivity index (χ4n) is 7.54. The molecule has 2 bridgehead atoms. The number of benzene rings is 1. The van der Waals surface area contributed by atoms with E-state index in [0.717, 1.165) is 19.3 Å². The molecular formula is C36H50BrN3O7. The summed E-state index contributed by atoms with van der Waals surface area (Å²) in [5.74, 6) is -3.45. The van der Waals surface area contributed by atoms with Crippen molar-refractivity contribution >= 4 is 39.6 Å². The van der Waals surface area contributed by atoms with Crippen LogP contribution in [0.2, 0.25) is 0 Å². The molecule has 1 aromatic rings. The third-order valence-corrected chi connectivity index (χ3v) is 10.6. The molecule has 3 saturated heterocycles. The number of allylic oxidation sites excluding steroid dienone is 1. The van der Waals surface area contributed by atoms with Crippen LogP contribution in [0.15, 0.2) is 55.6 Å². The highest BCUT2D eigenvalue weighted by atomic mass is 79.9. The van der Waals surface area contributed by atoms with Crippen molar-refractivity contribution in [2.24, 2.45) is 11.8 Å². The maximum absolute atomic E-state index is 14.5. The molecule has 3 amide bonds. The van der Waals surface area contributed by atoms with E-state index in [0.29, 0.717) is 37.9 Å². The van der Waals surface area contributed by atoms with Gasteiger partial charge < -0.3 is 29.7 Å². The van der Waals surface area contributed by atoms with E-state index >= 15 is 0 Å². The molecule has 0 saturated carbocycles. The molecule has 0 radical (unpaired) electrons. The van der Waals surface area contributed by atoms with Gasteiger partial charge in [-0.2, -0.15) is 0 Å². The molecule has 9 atom stereocenters. The molecule has 11 heteroatoms. The molecule has 1 aromatic carbocycles. The van der Waals surface area contributed by atoms with E-state index in [1.54, 1.807) is 24.0 Å². The zero-order valence-electron chi connectivity index (χ0n) is 27.8. The normalized spacial score (nSPS) is 27.9. The van der Waals surface area contributed by atoms with Crippen molar-refractivity contribution in [3.63, 3.8) is 0 Å². The number of nitrogens with zero attached hydrogens (tertiary/aromatic N) is 2. The number of carbonyl (C=O) groups excluding carboxylic acids is 4. The summed E-state index contributed by atoms with van der Waals surface area (Å²) in [5.41, 5.74) is -0.589. The Bertz CT molecular complexity index is 1290. The van der Waals surface area contributed by atoms with Crippen LogP contribution in [0.25, 0.3) is 0 Å². The first-order chi connectivity index (χ1) is 22.6. The van der Waals surface area contributed by atoms with E-state index in [1.165, 1.54) is 4.90 Å². The lowest BCUT2D eigenvalue weighted by Gasteiger charge is -2.39. The summed E-state index contributed by atoms with van der Waals surface area (Å²) in [6.07, 6.45) is 6.06. The van der Waals surface area contributed by atoms with Crippen LogP contribution < -0.4 is 5.32 Å². The van der Waals surface area contributed by atoms with Gasteiger partial charge in [0.05, 0.1) is 36.6 Å². The molecular weight excluding hydrogens is 666 g/mol. The Labute approximate surface area is 287 Å². The Kier molecular flexibility index (Phi) is 12.8. The lowest BCUT2D eigenvalue weighted by atomic mass is 9.70. The number of nitrogens with one attached hydrogen (secondary N) is 1. The van der Waals surface area contributed by atoms with Crippen LogP contribution in [-0.2, 0) is 28.7 Å². The van der Waals surface area contributed by atoms with Gasteiger partial charge in [0, 0.05) is 24.3 Å². The number of ether oxygens (including phenoxy) is 2. The maximum Gasteiger partial charge on any atom is 0.313 e. The molecule has 4 rings (SSSR count). The second-order valence-corrected chi connectivity index (χ2v) is 14.1. The molecule has 10 nitrogen and oxygen atoms in total. The Morgan fingerprint density at radius 1 is 1.21 bits per heavy atom. The summed E-state index contributed by atoms with van der Waals surface area (Å²) in [4.78, 5) is 58.9. The molecule has 1 unspecified atom stereocenters. The number of amides is 3. The lowest BCUT2D eigenvalue weighted by molar-refractivity contribution is -0.162. The van der Waals surface area contributed by atoms with Crippen LogP contribution in [0, 0.1) is 11.8 Å². The fraction of sp³-hybridized carbons (Fsp3) is 0.611. The van der Waals surface area contributed by atoms with Crippen LogP contribution in [0.4, 0.5) is 0 Å². The SMILES string of the molecule is C=CCCC(=O)N[C@@H](C)[C@H](OC(=O)[C@@H]1[C@H]2O[C@@]3(CC2Br)[C@H](C(=O)N(CC=C)CCCCC)N([C@@H](CC)CO)C(=O)[C@@H]13)c1ccccc1. The topological polar surface area (TPSA) is 125 Å². The average Bonchev–Trinajstić information content (AvgIpc) is 3.66. The van der Waals surface area contributed by atoms with Gasteiger partial charge in [-0.3, -0.25) is 19.2 Å². The first-order valence-corrected chi connectivity index (χ1v) is 17.8. The maximum atomic E-state index is 14.5. The van der Waals surface area contributed by atoms with Crippen molar-refractivity contribution in [2.45, 2.75) is 106 Å². The molecule has 3 heterocycles. The Balaban J connectivity index is 1.70. The summed E-state index contributed by atoms with van der Waals surface area (Å²) < 4.78 is 12.9. The summed E-state index contributed by atoms with van der Waals surface area (Å²) in [5, 5.41) is 13.3. The Morgan fingerprint density at radius 2 is 1.94 bits per heavy atom. The first kappa shape index (κ1) is 36.8. The number of likely N-dealkylation sites (tertiary alicyclic amines) is 1. The Hall–Kier alpha value is -3.02. The minimum Gasteiger partial charge on any atom is -0.455 e. The van der Waals surface area contributed by atoms with Crippen LogP contribution in [0.5, 0.6) is 0 Å². The third-order valence-electron chi connectivity index (χ3n) is 9.79. The lowest BCUT2D eigenvalue weighted by Crippen LogP contribution is -2.59. The van der Waals surface area contributed by atoms with Crippen LogP contribution in [-0.4, -0.2) is 93.0 Å². The second-order valence-electron chi connectivity index (χ2n) is 12.9. The van der Waals surface area contributed by atoms with Crippen molar-refractivity contribution in [3.05, 3.63) is 61.2 Å². The van der Waals surface area contributed by atoms with Crippen LogP contribution in [0.1, 0.15) is 77.4 Å². The zero-order chi connectivity index (χ0) is 34.3. The number of rotatable bonds is 18. The average molecular weight is 717 g/mol. The number of aliphatic hydroxyl groups is 1. The number of carbonyl (C=O) groups is 4. The number of aliphatic hydroxyl groups excluding tert-OH is 1. The summed E-state index contributed by atoms with van der Waals surface area (Å²) in [6, 6.07) is 6.94. The second kappa shape index (κ2) is 16.4. The number of halogens is 1. The summed E-state index contributed by atoms with van der Waals surface area (Å²) in [7, 11) is 0. The molecule has 0 aliphatic carbocycles. The van der Waals surface area contributed by atoms with Gasteiger partial charge >= 0.3 is 5.97 Å². The number of alkyl halides is 1. The van der Waals surface area contributed by atoms with E-state index in [-0.39, 0.29) is 35.6 Å². The Morgan fingerprint density at radius 3 is 2.55 bits per heavy atom. The predicted octanol–water partition coefficient (Wildman–Crippen LogP) is 4.47. The number of esters is 1. The molecule has 258 valence electrons. The highest BCUT2D eigenvalue weighted by molar-refractivity contribution is 9.09. The smallest absolute Gasteiger partial charge is 0.313 e. The minimum absolute atomic E-state index is 0.197. The summed E-state index contributed by atoms with van der Waals surface area (Å²) in [6.45, 7) is 13.7. The number of hydrogen-bond donors (Lipinski definition) is 2. The van der Waals surface area contributed by atoms with Crippen LogP contribution in [0.3, 0.4) is 0 Å². The van der Waals surface area contributed by atoms with Gasteiger partial charge in [0.2, 0.25) is 17.7 Å². The largest absolute Gasteiger partial charge is 0.455 e. The van der Waals surface area contributed by atoms with Crippen molar-refractivity contribution in [2.75, 3.05) is 19.7 Å². The van der Waals surface area contributed by atoms with Gasteiger partial charge in [0.1, 0.15) is 17.7 Å². The molecule has 47 heavy (non-hydrogen) atoms. The van der Waals surface area contributed by atoms with Crippen molar-refractivity contribution in [1.82, 2.24) is 15.1 Å². The van der Waals surface area contributed by atoms with Crippen molar-refractivity contribution in [1.29, 1.82) is 0 Å². The van der Waals surface area contributed by atoms with E-state index in [2.05, 4.69) is 41.3 Å². The van der Waals surface area contributed by atoms with E-state index in [9.17, 15) is 24.3 Å². The fourth-order valence-corrected chi connectivity index (χ4v) is 8.48. The molecule has 3 fully saturated rings. The predicted molar refractivity (Wildman–Crippen MR) is 182 cm³/mol. The molecule has 3 aliphatic heterocycles. The van der Waals surface area contributed by atoms with Gasteiger partial charge in [0.15, 0.2) is 0 Å². The quantitative estimate of drug-likeness (QED) is 0.0995. The van der Waals surface area contributed by atoms with E-state index in [4.69, 9.17) is 9.47 Å². The van der Waals surface area contributed by atoms with Crippen molar-refractivity contribution in [3.8, 4) is 0 Å². The number of unbranched alkanes of at least 4 members (excludes halogenated alkanes) is 2. The zero-order valence-corrected chi connectivity index (χ0v) is 29.4. The number of hydrogen-bond acceptors (Lipinski definition) is 7. The van der Waals surface area contributed by atoms with Crippen LogP contribution >= 0.6 is 15.9 Å². The van der Waals surface area contributed by atoms with E-state index in [1.807, 2.05) is 37.3 Å². The van der Waals surface area contributed by atoms with Gasteiger partial charge in [-0.15, -0.1) is 13.2 Å². The highest BCUT2D eigenvalue weighted by Crippen LogP contribution is 2.61.